The average molecular weight is 281 g/mol. The van der Waals surface area contributed by atoms with Crippen LogP contribution < -0.4 is 5.32 Å². The maximum absolute atomic E-state index is 12.0. The molecule has 1 amide bonds. The van der Waals surface area contributed by atoms with Crippen molar-refractivity contribution in [3.8, 4) is 12.3 Å². The lowest BCUT2D eigenvalue weighted by atomic mass is 10.1. The number of carbonyl (C=O) groups is 1. The monoisotopic (exact) mass is 280 g/mol. The molecule has 0 heterocycles. The molecule has 1 aromatic rings. The zero-order valence-electron chi connectivity index (χ0n) is 10.4. The smallest absolute Gasteiger partial charge is 0.270 e. The average Bonchev–Trinajstić information content (AvgIpc) is 2.38. The Labute approximate surface area is 116 Å². The van der Waals surface area contributed by atoms with Gasteiger partial charge in [0.1, 0.15) is 0 Å². The van der Waals surface area contributed by atoms with Crippen LogP contribution in [0, 0.1) is 22.5 Å². The van der Waals surface area contributed by atoms with Crippen molar-refractivity contribution in [2.75, 3.05) is 0 Å². The number of nitrogens with one attached hydrogen (secondary N) is 1. The van der Waals surface area contributed by atoms with E-state index >= 15 is 0 Å². The van der Waals surface area contributed by atoms with E-state index in [1.807, 2.05) is 6.92 Å². The van der Waals surface area contributed by atoms with E-state index in [-0.39, 0.29) is 16.3 Å². The molecule has 0 aliphatic rings. The number of benzene rings is 1. The van der Waals surface area contributed by atoms with Crippen molar-refractivity contribution in [1.82, 2.24) is 5.32 Å². The van der Waals surface area contributed by atoms with E-state index in [9.17, 15) is 14.9 Å². The minimum absolute atomic E-state index is 0.0484. The summed E-state index contributed by atoms with van der Waals surface area (Å²) in [7, 11) is 0. The third-order valence-electron chi connectivity index (χ3n) is 2.49. The van der Waals surface area contributed by atoms with Gasteiger partial charge in [0.2, 0.25) is 0 Å². The summed E-state index contributed by atoms with van der Waals surface area (Å²) in [5, 5.41) is 13.4. The number of nitrogens with zero attached hydrogens (tertiary/aromatic N) is 1. The number of nitro benzene ring substituents is 1. The van der Waals surface area contributed by atoms with Gasteiger partial charge in [-0.25, -0.2) is 0 Å². The van der Waals surface area contributed by atoms with Crippen molar-refractivity contribution in [1.29, 1.82) is 0 Å². The van der Waals surface area contributed by atoms with Gasteiger partial charge in [-0.2, -0.15) is 0 Å². The number of amides is 1. The van der Waals surface area contributed by atoms with Crippen LogP contribution in [0.15, 0.2) is 18.2 Å². The van der Waals surface area contributed by atoms with E-state index in [2.05, 4.69) is 11.2 Å². The molecule has 0 aromatic heterocycles. The molecule has 100 valence electrons. The minimum atomic E-state index is -0.585. The fourth-order valence-electron chi connectivity index (χ4n) is 1.52. The van der Waals surface area contributed by atoms with Crippen LogP contribution in [0.2, 0.25) is 5.02 Å². The number of hydrogen-bond acceptors (Lipinski definition) is 3. The van der Waals surface area contributed by atoms with Gasteiger partial charge < -0.3 is 5.32 Å². The van der Waals surface area contributed by atoms with E-state index in [4.69, 9.17) is 18.0 Å². The predicted molar refractivity (Wildman–Crippen MR) is 73.1 cm³/mol. The molecule has 0 spiro atoms. The lowest BCUT2D eigenvalue weighted by Gasteiger charge is -2.12. The summed E-state index contributed by atoms with van der Waals surface area (Å²) in [4.78, 5) is 22.1. The number of carbonyl (C=O) groups excluding carboxylic acids is 1. The Bertz CT molecular complexity index is 537. The second kappa shape index (κ2) is 6.76. The van der Waals surface area contributed by atoms with Crippen LogP contribution in [0.25, 0.3) is 0 Å². The quantitative estimate of drug-likeness (QED) is 0.512. The zero-order valence-corrected chi connectivity index (χ0v) is 11.1. The number of hydrogen-bond donors (Lipinski definition) is 1. The van der Waals surface area contributed by atoms with Crippen molar-refractivity contribution in [3.05, 3.63) is 38.9 Å². The molecule has 0 saturated carbocycles. The Kier molecular flexibility index (Phi) is 5.34. The fourth-order valence-corrected chi connectivity index (χ4v) is 1.73. The number of non-ortho nitro benzene ring substituents is 1. The molecule has 1 N–H and O–H groups in total. The number of terminal acetylenes is 1. The molecule has 1 unspecified atom stereocenters. The van der Waals surface area contributed by atoms with Gasteiger partial charge in [-0.05, 0) is 12.5 Å². The third kappa shape index (κ3) is 3.97. The molecule has 0 bridgehead atoms. The molecule has 0 radical (unpaired) electrons. The molecule has 5 nitrogen and oxygen atoms in total. The normalized spacial score (nSPS) is 11.4. The minimum Gasteiger partial charge on any atom is -0.338 e. The van der Waals surface area contributed by atoms with Crippen molar-refractivity contribution >= 4 is 23.2 Å². The van der Waals surface area contributed by atoms with Gasteiger partial charge >= 0.3 is 0 Å². The van der Waals surface area contributed by atoms with Crippen LogP contribution >= 0.6 is 11.6 Å². The Balaban J connectivity index is 2.96. The van der Waals surface area contributed by atoms with Gasteiger partial charge in [0, 0.05) is 12.1 Å². The summed E-state index contributed by atoms with van der Waals surface area (Å²) < 4.78 is 0. The number of nitro groups is 1. The van der Waals surface area contributed by atoms with Crippen LogP contribution in [-0.4, -0.2) is 16.9 Å². The molecule has 6 heteroatoms. The van der Waals surface area contributed by atoms with Crippen LogP contribution in [-0.2, 0) is 0 Å². The lowest BCUT2D eigenvalue weighted by Crippen LogP contribution is -2.33. The topological polar surface area (TPSA) is 72.2 Å². The third-order valence-corrected chi connectivity index (χ3v) is 2.82. The highest BCUT2D eigenvalue weighted by Crippen LogP contribution is 2.22. The molecule has 0 saturated heterocycles. The first-order valence-electron chi connectivity index (χ1n) is 5.70. The summed E-state index contributed by atoms with van der Waals surface area (Å²) in [5.74, 6) is 1.94. The van der Waals surface area contributed by atoms with E-state index in [1.165, 1.54) is 12.1 Å². The van der Waals surface area contributed by atoms with E-state index in [0.29, 0.717) is 6.42 Å². The van der Waals surface area contributed by atoms with E-state index in [1.54, 1.807) is 0 Å². The second-order valence-electron chi connectivity index (χ2n) is 3.90. The zero-order chi connectivity index (χ0) is 14.4. The van der Waals surface area contributed by atoms with Gasteiger partial charge in [0.15, 0.2) is 0 Å². The largest absolute Gasteiger partial charge is 0.338 e. The molecule has 0 fully saturated rings. The van der Waals surface area contributed by atoms with Crippen molar-refractivity contribution in [2.45, 2.75) is 25.8 Å². The summed E-state index contributed by atoms with van der Waals surface area (Å²) in [6.07, 6.45) is 6.75. The van der Waals surface area contributed by atoms with Crippen LogP contribution in [0.5, 0.6) is 0 Å². The molecular formula is C13H13ClN2O3. The fraction of sp³-hybridized carbons (Fsp3) is 0.308. The van der Waals surface area contributed by atoms with Crippen molar-refractivity contribution < 1.29 is 9.72 Å². The first kappa shape index (κ1) is 15.0. The Hall–Kier alpha value is -2.06. The molecule has 1 atom stereocenters. The lowest BCUT2D eigenvalue weighted by molar-refractivity contribution is -0.384. The van der Waals surface area contributed by atoms with Gasteiger partial charge in [0.05, 0.1) is 21.6 Å². The molecule has 1 aromatic carbocycles. The molecule has 1 rings (SSSR count). The Morgan fingerprint density at radius 1 is 1.63 bits per heavy atom. The van der Waals surface area contributed by atoms with Gasteiger partial charge in [-0.3, -0.25) is 14.9 Å². The Morgan fingerprint density at radius 3 is 2.84 bits per heavy atom. The SMILES string of the molecule is C#CC(CCC)NC(=O)c1cc([N+](=O)[O-])ccc1Cl. The van der Waals surface area contributed by atoms with Gasteiger partial charge in [0.25, 0.3) is 11.6 Å². The maximum Gasteiger partial charge on any atom is 0.270 e. The molecule has 0 aliphatic heterocycles. The van der Waals surface area contributed by atoms with Gasteiger partial charge in [-0.1, -0.05) is 30.9 Å². The first-order chi connectivity index (χ1) is 8.99. The standard InChI is InChI=1S/C13H13ClN2O3/c1-3-5-9(4-2)15-13(17)11-8-10(16(18)19)6-7-12(11)14/h2,6-9H,3,5H2,1H3,(H,15,17). The maximum atomic E-state index is 12.0. The van der Waals surface area contributed by atoms with E-state index in [0.717, 1.165) is 12.5 Å². The van der Waals surface area contributed by atoms with E-state index < -0.39 is 16.9 Å². The van der Waals surface area contributed by atoms with Crippen molar-refractivity contribution in [2.24, 2.45) is 0 Å². The van der Waals surface area contributed by atoms with Crippen LogP contribution in [0.3, 0.4) is 0 Å². The number of rotatable bonds is 5. The highest BCUT2D eigenvalue weighted by Gasteiger charge is 2.17. The first-order valence-corrected chi connectivity index (χ1v) is 6.08. The van der Waals surface area contributed by atoms with Crippen LogP contribution in [0.4, 0.5) is 5.69 Å². The molecular weight excluding hydrogens is 268 g/mol. The molecule has 0 aliphatic carbocycles. The summed E-state index contributed by atoms with van der Waals surface area (Å²) in [6.45, 7) is 1.94. The van der Waals surface area contributed by atoms with Crippen molar-refractivity contribution in [3.63, 3.8) is 0 Å². The van der Waals surface area contributed by atoms with Gasteiger partial charge in [-0.15, -0.1) is 6.42 Å². The van der Waals surface area contributed by atoms with Crippen LogP contribution in [0.1, 0.15) is 30.1 Å². The second-order valence-corrected chi connectivity index (χ2v) is 4.31. The summed E-state index contributed by atoms with van der Waals surface area (Å²) in [5.41, 5.74) is -0.144. The summed E-state index contributed by atoms with van der Waals surface area (Å²) in [6, 6.07) is 3.29. The highest BCUT2D eigenvalue weighted by molar-refractivity contribution is 6.34. The highest BCUT2D eigenvalue weighted by atomic mass is 35.5. The summed E-state index contributed by atoms with van der Waals surface area (Å²) >= 11 is 5.86. The predicted octanol–water partition coefficient (Wildman–Crippen LogP) is 2.78. The Morgan fingerprint density at radius 2 is 2.32 bits per heavy atom. The number of halogens is 1. The molecule has 19 heavy (non-hydrogen) atoms.